The van der Waals surface area contributed by atoms with Crippen LogP contribution in [0.15, 0.2) is 30.5 Å². The lowest BCUT2D eigenvalue weighted by molar-refractivity contribution is -0.136. The molecule has 0 amide bonds. The van der Waals surface area contributed by atoms with E-state index in [1.807, 2.05) is 30.5 Å². The number of aromatic nitrogens is 1. The molecule has 1 N–H and O–H groups in total. The predicted molar refractivity (Wildman–Crippen MR) is 68.6 cm³/mol. The molecule has 1 aromatic carbocycles. The van der Waals surface area contributed by atoms with E-state index in [2.05, 4.69) is 4.57 Å². The number of halogens is 1. The lowest BCUT2D eigenvalue weighted by Gasteiger charge is -2.04. The molecule has 0 radical (unpaired) electrons. The summed E-state index contributed by atoms with van der Waals surface area (Å²) in [5.74, 6) is -0.150. The SMILES string of the molecule is O=C(O)Cc1ccc2c(ccn2CCCCl)c1. The fourth-order valence-corrected chi connectivity index (χ4v) is 2.08. The van der Waals surface area contributed by atoms with Crippen LogP contribution in [0.1, 0.15) is 12.0 Å². The molecule has 0 atom stereocenters. The van der Waals surface area contributed by atoms with Crippen molar-refractivity contribution in [3.8, 4) is 0 Å². The highest BCUT2D eigenvalue weighted by atomic mass is 35.5. The number of benzene rings is 1. The van der Waals surface area contributed by atoms with E-state index < -0.39 is 5.97 Å². The Morgan fingerprint density at radius 1 is 1.35 bits per heavy atom. The molecule has 1 heterocycles. The highest BCUT2D eigenvalue weighted by Crippen LogP contribution is 2.18. The number of aliphatic carboxylic acids is 1. The molecular formula is C13H14ClNO2. The summed E-state index contributed by atoms with van der Waals surface area (Å²) in [7, 11) is 0. The summed E-state index contributed by atoms with van der Waals surface area (Å²) in [6.07, 6.45) is 3.02. The van der Waals surface area contributed by atoms with Crippen LogP contribution in [0.4, 0.5) is 0 Å². The number of aryl methyl sites for hydroxylation is 1. The number of nitrogens with zero attached hydrogens (tertiary/aromatic N) is 1. The lowest BCUT2D eigenvalue weighted by atomic mass is 10.1. The number of fused-ring (bicyclic) bond motifs is 1. The third-order valence-electron chi connectivity index (χ3n) is 2.72. The molecule has 0 spiro atoms. The van der Waals surface area contributed by atoms with Gasteiger partial charge >= 0.3 is 5.97 Å². The van der Waals surface area contributed by atoms with Crippen molar-refractivity contribution in [3.05, 3.63) is 36.0 Å². The molecular weight excluding hydrogens is 238 g/mol. The van der Waals surface area contributed by atoms with Gasteiger partial charge in [0.1, 0.15) is 0 Å². The Morgan fingerprint density at radius 2 is 2.18 bits per heavy atom. The molecule has 3 nitrogen and oxygen atoms in total. The summed E-state index contributed by atoms with van der Waals surface area (Å²) in [6.45, 7) is 0.894. The first-order valence-corrected chi connectivity index (χ1v) is 6.09. The molecule has 0 aliphatic carbocycles. The van der Waals surface area contributed by atoms with Crippen molar-refractivity contribution < 1.29 is 9.90 Å². The van der Waals surface area contributed by atoms with Crippen molar-refractivity contribution in [1.82, 2.24) is 4.57 Å². The van der Waals surface area contributed by atoms with Gasteiger partial charge in [0.15, 0.2) is 0 Å². The third kappa shape index (κ3) is 2.80. The lowest BCUT2D eigenvalue weighted by Crippen LogP contribution is -2.00. The summed E-state index contributed by atoms with van der Waals surface area (Å²) in [5.41, 5.74) is 1.96. The quantitative estimate of drug-likeness (QED) is 0.831. The number of alkyl halides is 1. The van der Waals surface area contributed by atoms with Crippen LogP contribution in [0, 0.1) is 0 Å². The minimum absolute atomic E-state index is 0.0722. The zero-order chi connectivity index (χ0) is 12.3. The standard InChI is InChI=1S/C13H14ClNO2/c14-5-1-6-15-7-4-11-8-10(9-13(16)17)2-3-12(11)15/h2-4,7-8H,1,5-6,9H2,(H,16,17). The van der Waals surface area contributed by atoms with Crippen molar-refractivity contribution in [2.24, 2.45) is 0 Å². The van der Waals surface area contributed by atoms with Gasteiger partial charge in [0, 0.05) is 24.1 Å². The van der Waals surface area contributed by atoms with E-state index in [9.17, 15) is 4.79 Å². The van der Waals surface area contributed by atoms with Crippen LogP contribution in [-0.4, -0.2) is 21.5 Å². The van der Waals surface area contributed by atoms with Gasteiger partial charge in [0.2, 0.25) is 0 Å². The molecule has 2 rings (SSSR count). The summed E-state index contributed by atoms with van der Waals surface area (Å²) >= 11 is 5.67. The molecule has 0 fully saturated rings. The first-order valence-electron chi connectivity index (χ1n) is 5.56. The molecule has 90 valence electrons. The number of hydrogen-bond acceptors (Lipinski definition) is 1. The second-order valence-electron chi connectivity index (χ2n) is 4.02. The Morgan fingerprint density at radius 3 is 2.88 bits per heavy atom. The summed E-state index contributed by atoms with van der Waals surface area (Å²) in [6, 6.07) is 7.78. The normalized spacial score (nSPS) is 10.9. The van der Waals surface area contributed by atoms with Crippen LogP contribution >= 0.6 is 11.6 Å². The van der Waals surface area contributed by atoms with E-state index in [0.29, 0.717) is 5.88 Å². The topological polar surface area (TPSA) is 42.2 Å². The van der Waals surface area contributed by atoms with Crippen molar-refractivity contribution in [3.63, 3.8) is 0 Å². The van der Waals surface area contributed by atoms with E-state index in [0.717, 1.165) is 29.4 Å². The smallest absolute Gasteiger partial charge is 0.307 e. The van der Waals surface area contributed by atoms with Crippen LogP contribution < -0.4 is 0 Å². The highest BCUT2D eigenvalue weighted by molar-refractivity contribution is 6.17. The van der Waals surface area contributed by atoms with Crippen molar-refractivity contribution in [1.29, 1.82) is 0 Å². The number of carbonyl (C=O) groups is 1. The Bertz CT molecular complexity index is 533. The number of carboxylic acids is 1. The molecule has 0 aliphatic heterocycles. The van der Waals surface area contributed by atoms with Gasteiger partial charge in [-0.05, 0) is 35.6 Å². The van der Waals surface area contributed by atoms with E-state index in [4.69, 9.17) is 16.7 Å². The van der Waals surface area contributed by atoms with Crippen LogP contribution in [0.5, 0.6) is 0 Å². The molecule has 0 bridgehead atoms. The second kappa shape index (κ2) is 5.23. The average Bonchev–Trinajstić information content (AvgIpc) is 2.68. The van der Waals surface area contributed by atoms with Crippen molar-refractivity contribution in [2.75, 3.05) is 5.88 Å². The second-order valence-corrected chi connectivity index (χ2v) is 4.39. The third-order valence-corrected chi connectivity index (χ3v) is 2.99. The van der Waals surface area contributed by atoms with E-state index in [1.54, 1.807) is 0 Å². The van der Waals surface area contributed by atoms with Crippen molar-refractivity contribution >= 4 is 28.5 Å². The first kappa shape index (κ1) is 12.0. The monoisotopic (exact) mass is 251 g/mol. The van der Waals surface area contributed by atoms with Crippen LogP contribution in [0.3, 0.4) is 0 Å². The number of hydrogen-bond donors (Lipinski definition) is 1. The Hall–Kier alpha value is -1.48. The number of carboxylic acid groups (broad SMARTS) is 1. The summed E-state index contributed by atoms with van der Waals surface area (Å²) < 4.78 is 2.14. The zero-order valence-electron chi connectivity index (χ0n) is 9.40. The molecule has 4 heteroatoms. The molecule has 0 unspecified atom stereocenters. The Labute approximate surface area is 105 Å². The molecule has 17 heavy (non-hydrogen) atoms. The van der Waals surface area contributed by atoms with E-state index >= 15 is 0 Å². The fraction of sp³-hybridized carbons (Fsp3) is 0.308. The maximum Gasteiger partial charge on any atom is 0.307 e. The van der Waals surface area contributed by atoms with Crippen LogP contribution in [-0.2, 0) is 17.8 Å². The summed E-state index contributed by atoms with van der Waals surface area (Å²) in [5, 5.41) is 9.82. The maximum absolute atomic E-state index is 10.6. The Kier molecular flexibility index (Phi) is 3.69. The maximum atomic E-state index is 10.6. The molecule has 1 aromatic heterocycles. The Balaban J connectivity index is 2.28. The molecule has 0 aliphatic rings. The van der Waals surface area contributed by atoms with Gasteiger partial charge < -0.3 is 9.67 Å². The molecule has 0 saturated carbocycles. The van der Waals surface area contributed by atoms with Gasteiger partial charge in [0.05, 0.1) is 6.42 Å². The van der Waals surface area contributed by atoms with Gasteiger partial charge in [-0.15, -0.1) is 11.6 Å². The molecule has 2 aromatic rings. The predicted octanol–water partition coefficient (Wildman–Crippen LogP) is 2.90. The van der Waals surface area contributed by atoms with Gasteiger partial charge in [0.25, 0.3) is 0 Å². The van der Waals surface area contributed by atoms with Gasteiger partial charge in [-0.3, -0.25) is 4.79 Å². The average molecular weight is 252 g/mol. The van der Waals surface area contributed by atoms with Crippen LogP contribution in [0.2, 0.25) is 0 Å². The van der Waals surface area contributed by atoms with Crippen LogP contribution in [0.25, 0.3) is 10.9 Å². The summed E-state index contributed by atoms with van der Waals surface area (Å²) in [4.78, 5) is 10.6. The van der Waals surface area contributed by atoms with Gasteiger partial charge in [-0.2, -0.15) is 0 Å². The zero-order valence-corrected chi connectivity index (χ0v) is 10.2. The van der Waals surface area contributed by atoms with E-state index in [1.165, 1.54) is 0 Å². The van der Waals surface area contributed by atoms with Gasteiger partial charge in [-0.25, -0.2) is 0 Å². The van der Waals surface area contributed by atoms with Gasteiger partial charge in [-0.1, -0.05) is 6.07 Å². The minimum Gasteiger partial charge on any atom is -0.481 e. The molecule has 0 saturated heterocycles. The minimum atomic E-state index is -0.800. The van der Waals surface area contributed by atoms with Crippen molar-refractivity contribution in [2.45, 2.75) is 19.4 Å². The van der Waals surface area contributed by atoms with E-state index in [-0.39, 0.29) is 6.42 Å². The highest BCUT2D eigenvalue weighted by Gasteiger charge is 2.04. The fourth-order valence-electron chi connectivity index (χ4n) is 1.96. The first-order chi connectivity index (χ1) is 8.20. The number of rotatable bonds is 5. The largest absolute Gasteiger partial charge is 0.481 e.